The van der Waals surface area contributed by atoms with Gasteiger partial charge in [0.15, 0.2) is 10.9 Å². The summed E-state index contributed by atoms with van der Waals surface area (Å²) in [5.74, 6) is -0.0571. The van der Waals surface area contributed by atoms with Crippen LogP contribution in [0.25, 0.3) is 0 Å². The van der Waals surface area contributed by atoms with Crippen LogP contribution in [0.4, 0.5) is 11.4 Å². The topological polar surface area (TPSA) is 92.6 Å². The molecule has 132 valence electrons. The van der Waals surface area contributed by atoms with Gasteiger partial charge in [-0.1, -0.05) is 13.8 Å². The zero-order chi connectivity index (χ0) is 18.4. The zero-order valence-electron chi connectivity index (χ0n) is 14.1. The second kappa shape index (κ2) is 8.29. The van der Waals surface area contributed by atoms with Crippen LogP contribution in [0.3, 0.4) is 0 Å². The second-order valence-electron chi connectivity index (χ2n) is 5.44. The molecule has 8 heteroatoms. The Hall–Kier alpha value is -2.87. The van der Waals surface area contributed by atoms with Crippen molar-refractivity contribution in [3.63, 3.8) is 0 Å². The molecule has 3 N–H and O–H groups in total. The summed E-state index contributed by atoms with van der Waals surface area (Å²) < 4.78 is 10.3. The van der Waals surface area contributed by atoms with E-state index in [1.54, 1.807) is 44.2 Å². The van der Waals surface area contributed by atoms with Crippen molar-refractivity contribution >= 4 is 40.5 Å². The van der Waals surface area contributed by atoms with Gasteiger partial charge in [-0.3, -0.25) is 9.59 Å². The first kappa shape index (κ1) is 18.5. The average molecular weight is 361 g/mol. The molecule has 0 bridgehead atoms. The highest BCUT2D eigenvalue weighted by atomic mass is 32.1. The Bertz CT molecular complexity index is 772. The molecule has 0 aliphatic rings. The number of hydrogen-bond acceptors (Lipinski definition) is 5. The minimum atomic E-state index is -0.378. The summed E-state index contributed by atoms with van der Waals surface area (Å²) in [5.41, 5.74) is 1.02. The molecule has 0 saturated carbocycles. The third-order valence-electron chi connectivity index (χ3n) is 3.21. The van der Waals surface area contributed by atoms with Crippen LogP contribution in [0.15, 0.2) is 41.0 Å². The number of amides is 2. The van der Waals surface area contributed by atoms with E-state index in [4.69, 9.17) is 21.4 Å². The van der Waals surface area contributed by atoms with Gasteiger partial charge in [-0.2, -0.15) is 0 Å². The molecular weight excluding hydrogens is 342 g/mol. The SMILES string of the molecule is COc1ccc(NC(=O)c2ccco2)cc1NC(=S)NC(=O)C(C)C. The lowest BCUT2D eigenvalue weighted by atomic mass is 10.2. The van der Waals surface area contributed by atoms with E-state index in [0.717, 1.165) is 0 Å². The molecule has 0 atom stereocenters. The molecule has 0 unspecified atom stereocenters. The number of hydrogen-bond donors (Lipinski definition) is 3. The van der Waals surface area contributed by atoms with E-state index in [9.17, 15) is 9.59 Å². The third-order valence-corrected chi connectivity index (χ3v) is 3.42. The standard InChI is InChI=1S/C17H19N3O4S/c1-10(2)15(21)20-17(25)19-12-9-11(6-7-13(12)23-3)18-16(22)14-5-4-8-24-14/h4-10H,1-3H3,(H,18,22)(H2,19,20,21,25). The van der Waals surface area contributed by atoms with Crippen molar-refractivity contribution in [2.24, 2.45) is 5.92 Å². The van der Waals surface area contributed by atoms with Crippen molar-refractivity contribution in [3.8, 4) is 5.75 Å². The highest BCUT2D eigenvalue weighted by Gasteiger charge is 2.13. The predicted octanol–water partition coefficient (Wildman–Crippen LogP) is 3.01. The molecule has 0 saturated heterocycles. The molecule has 2 amide bonds. The molecule has 2 aromatic rings. The maximum Gasteiger partial charge on any atom is 0.291 e. The number of nitrogens with one attached hydrogen (secondary N) is 3. The fraction of sp³-hybridized carbons (Fsp3) is 0.235. The highest BCUT2D eigenvalue weighted by Crippen LogP contribution is 2.28. The number of carbonyl (C=O) groups excluding carboxylic acids is 2. The van der Waals surface area contributed by atoms with Crippen molar-refractivity contribution in [3.05, 3.63) is 42.4 Å². The van der Waals surface area contributed by atoms with Gasteiger partial charge in [-0.25, -0.2) is 0 Å². The van der Waals surface area contributed by atoms with Crippen molar-refractivity contribution in [1.29, 1.82) is 0 Å². The van der Waals surface area contributed by atoms with Gasteiger partial charge in [-0.05, 0) is 42.5 Å². The molecule has 0 radical (unpaired) electrons. The summed E-state index contributed by atoms with van der Waals surface area (Å²) in [4.78, 5) is 23.7. The zero-order valence-corrected chi connectivity index (χ0v) is 14.9. The summed E-state index contributed by atoms with van der Waals surface area (Å²) in [6.45, 7) is 3.53. The van der Waals surface area contributed by atoms with Gasteiger partial charge in [0.2, 0.25) is 5.91 Å². The molecule has 0 aliphatic carbocycles. The quantitative estimate of drug-likeness (QED) is 0.709. The lowest BCUT2D eigenvalue weighted by molar-refractivity contribution is -0.122. The number of methoxy groups -OCH3 is 1. The first-order valence-electron chi connectivity index (χ1n) is 7.55. The Morgan fingerprint density at radius 2 is 1.96 bits per heavy atom. The minimum absolute atomic E-state index is 0.145. The molecular formula is C17H19N3O4S. The van der Waals surface area contributed by atoms with E-state index in [2.05, 4.69) is 16.0 Å². The molecule has 1 aromatic heterocycles. The van der Waals surface area contributed by atoms with Crippen LogP contribution in [0.1, 0.15) is 24.4 Å². The Morgan fingerprint density at radius 1 is 1.20 bits per heavy atom. The van der Waals surface area contributed by atoms with Crippen molar-refractivity contribution in [2.45, 2.75) is 13.8 Å². The van der Waals surface area contributed by atoms with Crippen LogP contribution in [-0.2, 0) is 4.79 Å². The first-order chi connectivity index (χ1) is 11.9. The lowest BCUT2D eigenvalue weighted by Crippen LogP contribution is -2.36. The van der Waals surface area contributed by atoms with Gasteiger partial charge < -0.3 is 25.1 Å². The van der Waals surface area contributed by atoms with Crippen LogP contribution >= 0.6 is 12.2 Å². The summed E-state index contributed by atoms with van der Waals surface area (Å²) in [5, 5.41) is 8.34. The van der Waals surface area contributed by atoms with Gasteiger partial charge >= 0.3 is 0 Å². The molecule has 25 heavy (non-hydrogen) atoms. The van der Waals surface area contributed by atoms with E-state index in [-0.39, 0.29) is 28.6 Å². The highest BCUT2D eigenvalue weighted by molar-refractivity contribution is 7.80. The van der Waals surface area contributed by atoms with Gasteiger partial charge in [-0.15, -0.1) is 0 Å². The number of anilines is 2. The van der Waals surface area contributed by atoms with Gasteiger partial charge in [0, 0.05) is 11.6 Å². The summed E-state index contributed by atoms with van der Waals surface area (Å²) in [6, 6.07) is 8.20. The largest absolute Gasteiger partial charge is 0.495 e. The number of ether oxygens (including phenoxy) is 1. The van der Waals surface area contributed by atoms with Crippen LogP contribution in [0, 0.1) is 5.92 Å². The number of rotatable bonds is 5. The summed E-state index contributed by atoms with van der Waals surface area (Å²) in [7, 11) is 1.51. The van der Waals surface area contributed by atoms with Crippen molar-refractivity contribution < 1.29 is 18.7 Å². The Balaban J connectivity index is 2.12. The van der Waals surface area contributed by atoms with Crippen LogP contribution in [-0.4, -0.2) is 24.0 Å². The monoisotopic (exact) mass is 361 g/mol. The van der Waals surface area contributed by atoms with Crippen molar-refractivity contribution in [2.75, 3.05) is 17.7 Å². The number of benzene rings is 1. The molecule has 0 fully saturated rings. The molecule has 2 rings (SSSR count). The van der Waals surface area contributed by atoms with Crippen molar-refractivity contribution in [1.82, 2.24) is 5.32 Å². The predicted molar refractivity (Wildman–Crippen MR) is 98.9 cm³/mol. The maximum absolute atomic E-state index is 12.0. The van der Waals surface area contributed by atoms with Gasteiger partial charge in [0.05, 0.1) is 19.1 Å². The number of furan rings is 1. The first-order valence-corrected chi connectivity index (χ1v) is 7.96. The van der Waals surface area contributed by atoms with E-state index >= 15 is 0 Å². The Kier molecular flexibility index (Phi) is 6.13. The molecule has 0 aliphatic heterocycles. The summed E-state index contributed by atoms with van der Waals surface area (Å²) in [6.07, 6.45) is 1.42. The van der Waals surface area contributed by atoms with E-state index in [1.807, 2.05) is 0 Å². The fourth-order valence-corrected chi connectivity index (χ4v) is 2.10. The van der Waals surface area contributed by atoms with Crippen LogP contribution < -0.4 is 20.7 Å². The normalized spacial score (nSPS) is 10.2. The Labute approximate surface area is 150 Å². The molecule has 1 heterocycles. The lowest BCUT2D eigenvalue weighted by Gasteiger charge is -2.15. The smallest absolute Gasteiger partial charge is 0.291 e. The molecule has 7 nitrogen and oxygen atoms in total. The maximum atomic E-state index is 12.0. The molecule has 1 aromatic carbocycles. The second-order valence-corrected chi connectivity index (χ2v) is 5.85. The third kappa shape index (κ3) is 5.05. The van der Waals surface area contributed by atoms with Gasteiger partial charge in [0.1, 0.15) is 5.75 Å². The summed E-state index contributed by atoms with van der Waals surface area (Å²) >= 11 is 5.13. The van der Waals surface area contributed by atoms with E-state index in [1.165, 1.54) is 13.4 Å². The van der Waals surface area contributed by atoms with Crippen LogP contribution in [0.5, 0.6) is 5.75 Å². The number of carbonyl (C=O) groups is 2. The molecule has 0 spiro atoms. The van der Waals surface area contributed by atoms with E-state index < -0.39 is 0 Å². The fourth-order valence-electron chi connectivity index (χ4n) is 1.89. The minimum Gasteiger partial charge on any atom is -0.495 e. The van der Waals surface area contributed by atoms with Gasteiger partial charge in [0.25, 0.3) is 5.91 Å². The van der Waals surface area contributed by atoms with Crippen LogP contribution in [0.2, 0.25) is 0 Å². The Morgan fingerprint density at radius 3 is 2.56 bits per heavy atom. The average Bonchev–Trinajstić information content (AvgIpc) is 3.09. The number of thiocarbonyl (C=S) groups is 1. The van der Waals surface area contributed by atoms with E-state index in [0.29, 0.717) is 17.1 Å².